The number of nitrogens with one attached hydrogen (secondary N) is 1. The van der Waals surface area contributed by atoms with Gasteiger partial charge in [0.15, 0.2) is 0 Å². The molecule has 1 aromatic rings. The van der Waals surface area contributed by atoms with Gasteiger partial charge >= 0.3 is 6.01 Å². The molecule has 1 aliphatic rings. The number of rotatable bonds is 4. The molecule has 19 heavy (non-hydrogen) atoms. The second-order valence-corrected chi connectivity index (χ2v) is 4.89. The summed E-state index contributed by atoms with van der Waals surface area (Å²) in [4.78, 5) is 15.2. The molecule has 0 amide bonds. The van der Waals surface area contributed by atoms with Gasteiger partial charge in [0.1, 0.15) is 0 Å². The Morgan fingerprint density at radius 1 is 1.26 bits per heavy atom. The van der Waals surface area contributed by atoms with E-state index in [0.29, 0.717) is 17.9 Å². The number of nitrogens with zero attached hydrogens (tertiary/aromatic N) is 4. The number of ether oxygens (including phenoxy) is 1. The quantitative estimate of drug-likeness (QED) is 0.897. The van der Waals surface area contributed by atoms with Crippen molar-refractivity contribution in [1.29, 1.82) is 0 Å². The van der Waals surface area contributed by atoms with Gasteiger partial charge in [-0.3, -0.25) is 0 Å². The van der Waals surface area contributed by atoms with Gasteiger partial charge in [0.25, 0.3) is 0 Å². The molecule has 6 nitrogen and oxygen atoms in total. The molecule has 0 saturated carbocycles. The van der Waals surface area contributed by atoms with Gasteiger partial charge in [0.2, 0.25) is 11.9 Å². The first kappa shape index (κ1) is 13.8. The zero-order valence-corrected chi connectivity index (χ0v) is 12.0. The van der Waals surface area contributed by atoms with Gasteiger partial charge in [0, 0.05) is 20.1 Å². The number of methoxy groups -OCH3 is 1. The molecule has 2 heterocycles. The van der Waals surface area contributed by atoms with E-state index in [1.807, 2.05) is 0 Å². The van der Waals surface area contributed by atoms with Crippen LogP contribution in [0.3, 0.4) is 0 Å². The lowest BCUT2D eigenvalue weighted by molar-refractivity contribution is 0.378. The average Bonchev–Trinajstić information content (AvgIpc) is 2.72. The molecule has 1 aromatic heterocycles. The van der Waals surface area contributed by atoms with Crippen LogP contribution in [-0.4, -0.2) is 42.2 Å². The molecule has 1 unspecified atom stereocenters. The second-order valence-electron chi connectivity index (χ2n) is 4.89. The molecule has 1 saturated heterocycles. The maximum Gasteiger partial charge on any atom is 0.322 e. The summed E-state index contributed by atoms with van der Waals surface area (Å²) in [5.41, 5.74) is 0. The summed E-state index contributed by atoms with van der Waals surface area (Å²) < 4.78 is 5.13. The Morgan fingerprint density at radius 2 is 2.11 bits per heavy atom. The molecule has 1 N–H and O–H groups in total. The molecule has 0 aromatic carbocycles. The molecule has 0 radical (unpaired) electrons. The van der Waals surface area contributed by atoms with E-state index in [1.54, 1.807) is 14.2 Å². The highest BCUT2D eigenvalue weighted by Crippen LogP contribution is 2.23. The highest BCUT2D eigenvalue weighted by molar-refractivity contribution is 5.38. The van der Waals surface area contributed by atoms with Crippen LogP contribution in [0.5, 0.6) is 6.01 Å². The fourth-order valence-electron chi connectivity index (χ4n) is 2.46. The van der Waals surface area contributed by atoms with Crippen molar-refractivity contribution < 1.29 is 4.74 Å². The molecule has 0 spiro atoms. The Morgan fingerprint density at radius 3 is 2.79 bits per heavy atom. The first-order valence-electron chi connectivity index (χ1n) is 6.99. The summed E-state index contributed by atoms with van der Waals surface area (Å²) >= 11 is 0. The molecule has 0 bridgehead atoms. The van der Waals surface area contributed by atoms with E-state index in [-0.39, 0.29) is 0 Å². The Hall–Kier alpha value is -1.59. The summed E-state index contributed by atoms with van der Waals surface area (Å²) in [6.45, 7) is 4.28. The summed E-state index contributed by atoms with van der Waals surface area (Å²) in [5, 5.41) is 2.95. The van der Waals surface area contributed by atoms with Crippen LogP contribution in [0.15, 0.2) is 0 Å². The van der Waals surface area contributed by atoms with Crippen LogP contribution in [0.1, 0.15) is 32.6 Å². The van der Waals surface area contributed by atoms with Crippen LogP contribution in [0.4, 0.5) is 11.9 Å². The molecular formula is C13H23N5O. The maximum atomic E-state index is 5.13. The predicted molar refractivity (Wildman–Crippen MR) is 75.8 cm³/mol. The fourth-order valence-corrected chi connectivity index (χ4v) is 2.46. The third-order valence-electron chi connectivity index (χ3n) is 3.72. The number of hydrogen-bond donors (Lipinski definition) is 1. The standard InChI is InChI=1S/C13H23N5O/c1-4-10-6-5-8-18(9-7-10)12-15-11(14-2)16-13(17-12)19-3/h10H,4-9H2,1-3H3,(H,14,15,16,17). The molecular weight excluding hydrogens is 242 g/mol. The minimum Gasteiger partial charge on any atom is -0.467 e. The monoisotopic (exact) mass is 265 g/mol. The summed E-state index contributed by atoms with van der Waals surface area (Å²) in [5.74, 6) is 2.10. The average molecular weight is 265 g/mol. The van der Waals surface area contributed by atoms with Crippen molar-refractivity contribution in [3.05, 3.63) is 0 Å². The topological polar surface area (TPSA) is 63.2 Å². The largest absolute Gasteiger partial charge is 0.467 e. The zero-order chi connectivity index (χ0) is 13.7. The molecule has 1 fully saturated rings. The zero-order valence-electron chi connectivity index (χ0n) is 12.0. The van der Waals surface area contributed by atoms with Crippen molar-refractivity contribution in [2.45, 2.75) is 32.6 Å². The van der Waals surface area contributed by atoms with Crippen molar-refractivity contribution in [3.8, 4) is 6.01 Å². The smallest absolute Gasteiger partial charge is 0.322 e. The number of aromatic nitrogens is 3. The van der Waals surface area contributed by atoms with Crippen molar-refractivity contribution in [2.75, 3.05) is 37.5 Å². The highest BCUT2D eigenvalue weighted by Gasteiger charge is 2.19. The summed E-state index contributed by atoms with van der Waals surface area (Å²) in [7, 11) is 3.38. The van der Waals surface area contributed by atoms with E-state index in [0.717, 1.165) is 19.0 Å². The van der Waals surface area contributed by atoms with E-state index in [9.17, 15) is 0 Å². The SMILES string of the molecule is CCC1CCCN(c2nc(NC)nc(OC)n2)CC1. The Labute approximate surface area is 114 Å². The van der Waals surface area contributed by atoms with Crippen LogP contribution < -0.4 is 15.0 Å². The summed E-state index contributed by atoms with van der Waals surface area (Å²) in [6, 6.07) is 0.366. The first-order valence-corrected chi connectivity index (χ1v) is 6.99. The predicted octanol–water partition coefficient (Wildman–Crippen LogP) is 1.94. The van der Waals surface area contributed by atoms with Crippen molar-refractivity contribution in [2.24, 2.45) is 5.92 Å². The number of hydrogen-bond acceptors (Lipinski definition) is 6. The fraction of sp³-hybridized carbons (Fsp3) is 0.769. The van der Waals surface area contributed by atoms with E-state index < -0.39 is 0 Å². The van der Waals surface area contributed by atoms with Gasteiger partial charge < -0.3 is 15.0 Å². The molecule has 106 valence electrons. The van der Waals surface area contributed by atoms with Crippen LogP contribution >= 0.6 is 0 Å². The van der Waals surface area contributed by atoms with Crippen LogP contribution in [0.25, 0.3) is 0 Å². The second kappa shape index (κ2) is 6.54. The molecule has 1 aliphatic heterocycles. The van der Waals surface area contributed by atoms with Gasteiger partial charge in [0.05, 0.1) is 7.11 Å². The van der Waals surface area contributed by atoms with Gasteiger partial charge in [-0.05, 0) is 25.2 Å². The van der Waals surface area contributed by atoms with Crippen LogP contribution in [-0.2, 0) is 0 Å². The van der Waals surface area contributed by atoms with E-state index in [2.05, 4.69) is 32.1 Å². The van der Waals surface area contributed by atoms with Crippen molar-refractivity contribution in [1.82, 2.24) is 15.0 Å². The highest BCUT2D eigenvalue weighted by atomic mass is 16.5. The Kier molecular flexibility index (Phi) is 4.76. The lowest BCUT2D eigenvalue weighted by atomic mass is 9.98. The van der Waals surface area contributed by atoms with Gasteiger partial charge in [-0.15, -0.1) is 0 Å². The van der Waals surface area contributed by atoms with E-state index in [4.69, 9.17) is 4.74 Å². The Bertz CT molecular complexity index is 390. The molecule has 0 aliphatic carbocycles. The molecule has 6 heteroatoms. The van der Waals surface area contributed by atoms with Gasteiger partial charge in [-0.25, -0.2) is 0 Å². The van der Waals surface area contributed by atoms with Gasteiger partial charge in [-0.2, -0.15) is 15.0 Å². The van der Waals surface area contributed by atoms with Crippen molar-refractivity contribution in [3.63, 3.8) is 0 Å². The molecule has 2 rings (SSSR count). The lowest BCUT2D eigenvalue weighted by Crippen LogP contribution is -2.27. The summed E-state index contributed by atoms with van der Waals surface area (Å²) in [6.07, 6.45) is 4.96. The molecule has 1 atom stereocenters. The third-order valence-corrected chi connectivity index (χ3v) is 3.72. The van der Waals surface area contributed by atoms with E-state index >= 15 is 0 Å². The Balaban J connectivity index is 2.16. The first-order chi connectivity index (χ1) is 9.26. The minimum absolute atomic E-state index is 0.366. The minimum atomic E-state index is 0.366. The number of anilines is 2. The lowest BCUT2D eigenvalue weighted by Gasteiger charge is -2.20. The van der Waals surface area contributed by atoms with Gasteiger partial charge in [-0.1, -0.05) is 13.3 Å². The van der Waals surface area contributed by atoms with Crippen LogP contribution in [0, 0.1) is 5.92 Å². The normalized spacial score (nSPS) is 19.9. The van der Waals surface area contributed by atoms with Crippen LogP contribution in [0.2, 0.25) is 0 Å². The van der Waals surface area contributed by atoms with E-state index in [1.165, 1.54) is 25.7 Å². The third kappa shape index (κ3) is 3.45. The maximum absolute atomic E-state index is 5.13. The van der Waals surface area contributed by atoms with Crippen molar-refractivity contribution >= 4 is 11.9 Å².